The maximum Gasteiger partial charge on any atom is 0.123 e. The highest BCUT2D eigenvalue weighted by atomic mass is 19.1. The number of aromatic nitrogens is 2. The van der Waals surface area contributed by atoms with Crippen LogP contribution in [0.3, 0.4) is 0 Å². The Kier molecular flexibility index (Phi) is 5.74. The van der Waals surface area contributed by atoms with E-state index < -0.39 is 0 Å². The number of halogens is 1. The molecule has 2 aromatic rings. The Morgan fingerprint density at radius 1 is 1.05 bits per heavy atom. The number of nitrogens with zero attached hydrogens (tertiary/aromatic N) is 1. The van der Waals surface area contributed by atoms with Crippen LogP contribution in [0.5, 0.6) is 0 Å². The maximum atomic E-state index is 12.5. The van der Waals surface area contributed by atoms with E-state index >= 15 is 0 Å². The molecular weight excluding hydrogens is 239 g/mol. The van der Waals surface area contributed by atoms with E-state index in [0.29, 0.717) is 11.8 Å². The van der Waals surface area contributed by atoms with Gasteiger partial charge in [0.15, 0.2) is 0 Å². The third-order valence-corrected chi connectivity index (χ3v) is 2.83. The highest BCUT2D eigenvalue weighted by Crippen LogP contribution is 2.14. The number of benzene rings is 1. The minimum absolute atomic E-state index is 0.147. The summed E-state index contributed by atoms with van der Waals surface area (Å²) in [6, 6.07) is 8.79. The van der Waals surface area contributed by atoms with Gasteiger partial charge >= 0.3 is 0 Å². The Hall–Kier alpha value is -1.64. The molecule has 2 rings (SSSR count). The lowest BCUT2D eigenvalue weighted by atomic mass is 10.0. The van der Waals surface area contributed by atoms with E-state index in [-0.39, 0.29) is 5.82 Å². The van der Waals surface area contributed by atoms with Crippen LogP contribution in [0.1, 0.15) is 56.5 Å². The van der Waals surface area contributed by atoms with Crippen LogP contribution in [0.25, 0.3) is 0 Å². The molecule has 0 saturated heterocycles. The lowest BCUT2D eigenvalue weighted by Gasteiger charge is -2.02. The highest BCUT2D eigenvalue weighted by molar-refractivity contribution is 5.19. The normalized spacial score (nSPS) is 10.5. The predicted molar refractivity (Wildman–Crippen MR) is 77.9 cm³/mol. The summed E-state index contributed by atoms with van der Waals surface area (Å²) >= 11 is 0. The molecule has 0 saturated carbocycles. The summed E-state index contributed by atoms with van der Waals surface area (Å²) in [7, 11) is 0. The molecule has 1 aromatic carbocycles. The Morgan fingerprint density at radius 2 is 1.74 bits per heavy atom. The quantitative estimate of drug-likeness (QED) is 0.828. The largest absolute Gasteiger partial charge is 0.283 e. The molecule has 0 fully saturated rings. The minimum atomic E-state index is -0.147. The molecule has 0 atom stereocenters. The number of aryl methyl sites for hydroxylation is 1. The second-order valence-corrected chi connectivity index (χ2v) is 5.34. The van der Waals surface area contributed by atoms with Crippen LogP contribution in [-0.4, -0.2) is 10.2 Å². The molecule has 0 aliphatic carbocycles. The first-order chi connectivity index (χ1) is 8.90. The van der Waals surface area contributed by atoms with Crippen molar-refractivity contribution in [1.29, 1.82) is 0 Å². The van der Waals surface area contributed by atoms with Gasteiger partial charge in [-0.05, 0) is 42.5 Å². The van der Waals surface area contributed by atoms with Gasteiger partial charge in [-0.1, -0.05) is 39.8 Å². The first-order valence-electron chi connectivity index (χ1n) is 6.67. The topological polar surface area (TPSA) is 28.7 Å². The van der Waals surface area contributed by atoms with Crippen molar-refractivity contribution in [3.05, 3.63) is 53.1 Å². The van der Waals surface area contributed by atoms with Gasteiger partial charge in [-0.25, -0.2) is 4.39 Å². The molecule has 0 unspecified atom stereocenters. The van der Waals surface area contributed by atoms with Gasteiger partial charge in [-0.2, -0.15) is 5.10 Å². The second kappa shape index (κ2) is 7.07. The number of H-pyrrole nitrogens is 1. The smallest absolute Gasteiger partial charge is 0.123 e. The van der Waals surface area contributed by atoms with Gasteiger partial charge in [0.25, 0.3) is 0 Å². The molecule has 0 spiro atoms. The Labute approximate surface area is 115 Å². The summed E-state index contributed by atoms with van der Waals surface area (Å²) in [5.74, 6) is 0.803. The maximum absolute atomic E-state index is 12.5. The van der Waals surface area contributed by atoms with Crippen molar-refractivity contribution in [1.82, 2.24) is 10.2 Å². The Balaban J connectivity index is 0.000000191. The van der Waals surface area contributed by atoms with Crippen LogP contribution in [0.15, 0.2) is 30.3 Å². The zero-order valence-electron chi connectivity index (χ0n) is 12.4. The fraction of sp³-hybridized carbons (Fsp3) is 0.438. The minimum Gasteiger partial charge on any atom is -0.283 e. The van der Waals surface area contributed by atoms with Crippen LogP contribution in [0.4, 0.5) is 4.39 Å². The average molecular weight is 262 g/mol. The molecule has 0 aliphatic heterocycles. The molecule has 1 N–H and O–H groups in total. The van der Waals surface area contributed by atoms with Gasteiger partial charge in [0.2, 0.25) is 0 Å². The molecule has 0 radical (unpaired) electrons. The molecular formula is C16H23FN2. The predicted octanol–water partition coefficient (Wildman–Crippen LogP) is 4.79. The molecule has 2 nitrogen and oxygen atoms in total. The number of aromatic amines is 1. The molecule has 0 bridgehead atoms. The van der Waals surface area contributed by atoms with E-state index in [1.165, 1.54) is 6.07 Å². The van der Waals surface area contributed by atoms with Gasteiger partial charge in [-0.15, -0.1) is 0 Å². The van der Waals surface area contributed by atoms with Crippen molar-refractivity contribution in [3.63, 3.8) is 0 Å². The molecule has 0 aliphatic rings. The Morgan fingerprint density at radius 3 is 2.05 bits per heavy atom. The molecule has 19 heavy (non-hydrogen) atoms. The van der Waals surface area contributed by atoms with Gasteiger partial charge in [0.1, 0.15) is 5.82 Å². The van der Waals surface area contributed by atoms with Crippen LogP contribution < -0.4 is 0 Å². The number of hydrogen-bond acceptors (Lipinski definition) is 1. The van der Waals surface area contributed by atoms with Crippen molar-refractivity contribution in [2.75, 3.05) is 0 Å². The zero-order valence-corrected chi connectivity index (χ0v) is 12.4. The third-order valence-electron chi connectivity index (χ3n) is 2.83. The van der Waals surface area contributed by atoms with Crippen LogP contribution in [-0.2, 0) is 0 Å². The van der Waals surface area contributed by atoms with Gasteiger partial charge < -0.3 is 0 Å². The zero-order chi connectivity index (χ0) is 14.4. The summed E-state index contributed by atoms with van der Waals surface area (Å²) in [5.41, 5.74) is 3.34. The standard InChI is InChI=1S/C9H11F.C7H12N2/c1-7(2)8-4-3-5-9(10)6-8;1-5(2)7-4-6(3)8-9-7/h3-7H,1-2H3;4-5H,1-3H3,(H,8,9). The molecule has 1 aromatic heterocycles. The van der Waals surface area contributed by atoms with Gasteiger partial charge in [0.05, 0.1) is 5.69 Å². The first kappa shape index (κ1) is 15.4. The number of rotatable bonds is 2. The molecule has 0 amide bonds. The van der Waals surface area contributed by atoms with Crippen LogP contribution in [0, 0.1) is 12.7 Å². The van der Waals surface area contributed by atoms with Crippen LogP contribution >= 0.6 is 0 Å². The molecule has 1 heterocycles. The van der Waals surface area contributed by atoms with Crippen molar-refractivity contribution < 1.29 is 4.39 Å². The highest BCUT2D eigenvalue weighted by Gasteiger charge is 2.00. The van der Waals surface area contributed by atoms with Crippen LogP contribution in [0.2, 0.25) is 0 Å². The fourth-order valence-corrected chi connectivity index (χ4v) is 1.60. The summed E-state index contributed by atoms with van der Waals surface area (Å²) in [6.45, 7) is 10.4. The fourth-order valence-electron chi connectivity index (χ4n) is 1.60. The molecule has 3 heteroatoms. The van der Waals surface area contributed by atoms with E-state index in [4.69, 9.17) is 0 Å². The van der Waals surface area contributed by atoms with Gasteiger partial charge in [-0.3, -0.25) is 5.10 Å². The summed E-state index contributed by atoms with van der Waals surface area (Å²) in [6.07, 6.45) is 0. The monoisotopic (exact) mass is 262 g/mol. The average Bonchev–Trinajstić information content (AvgIpc) is 2.77. The number of hydrogen-bond donors (Lipinski definition) is 1. The lowest BCUT2D eigenvalue weighted by Crippen LogP contribution is -1.86. The van der Waals surface area contributed by atoms with Crippen molar-refractivity contribution >= 4 is 0 Å². The van der Waals surface area contributed by atoms with E-state index in [0.717, 1.165) is 17.0 Å². The first-order valence-corrected chi connectivity index (χ1v) is 6.67. The van der Waals surface area contributed by atoms with Crippen molar-refractivity contribution in [3.8, 4) is 0 Å². The number of nitrogens with one attached hydrogen (secondary N) is 1. The second-order valence-electron chi connectivity index (χ2n) is 5.34. The van der Waals surface area contributed by atoms with E-state index in [1.807, 2.05) is 13.0 Å². The SMILES string of the molecule is CC(C)c1cccc(F)c1.Cc1cc(C(C)C)n[nH]1. The summed E-state index contributed by atoms with van der Waals surface area (Å²) in [5, 5.41) is 6.99. The third kappa shape index (κ3) is 5.25. The van der Waals surface area contributed by atoms with Gasteiger partial charge in [0, 0.05) is 5.69 Å². The van der Waals surface area contributed by atoms with E-state index in [2.05, 4.69) is 44.0 Å². The van der Waals surface area contributed by atoms with E-state index in [9.17, 15) is 4.39 Å². The molecule has 104 valence electrons. The van der Waals surface area contributed by atoms with Crippen molar-refractivity contribution in [2.24, 2.45) is 0 Å². The van der Waals surface area contributed by atoms with E-state index in [1.54, 1.807) is 12.1 Å². The summed E-state index contributed by atoms with van der Waals surface area (Å²) < 4.78 is 12.5. The summed E-state index contributed by atoms with van der Waals surface area (Å²) in [4.78, 5) is 0. The lowest BCUT2D eigenvalue weighted by molar-refractivity contribution is 0.623. The Bertz CT molecular complexity index is 501. The van der Waals surface area contributed by atoms with Crippen molar-refractivity contribution in [2.45, 2.75) is 46.5 Å².